The Labute approximate surface area is 158 Å². The van der Waals surface area contributed by atoms with Gasteiger partial charge in [0.05, 0.1) is 12.7 Å². The smallest absolute Gasteiger partial charge is 0.256 e. The molecule has 1 aromatic heterocycles. The third-order valence-electron chi connectivity index (χ3n) is 3.85. The zero-order chi connectivity index (χ0) is 18.7. The zero-order valence-electron chi connectivity index (χ0n) is 14.2. The summed E-state index contributed by atoms with van der Waals surface area (Å²) < 4.78 is 7.48. The lowest BCUT2D eigenvalue weighted by Gasteiger charge is -2.09. The first-order chi connectivity index (χ1) is 12.5. The molecule has 1 heterocycles. The van der Waals surface area contributed by atoms with Crippen molar-refractivity contribution in [1.29, 1.82) is 0 Å². The van der Waals surface area contributed by atoms with E-state index in [1.54, 1.807) is 73.6 Å². The molecular weight excluding hydrogens is 398 g/mol. The molecule has 26 heavy (non-hydrogen) atoms. The van der Waals surface area contributed by atoms with Crippen molar-refractivity contribution < 1.29 is 14.3 Å². The standard InChI is InChI=1S/C19H16BrN3O3/c1-23-10-9-21-18(23)17(24)12-3-5-13(6-4-12)22-19(25)15-11-14(26-2)7-8-16(15)20/h3-11H,1-2H3,(H,22,25). The van der Waals surface area contributed by atoms with Crippen LogP contribution in [0.1, 0.15) is 26.5 Å². The summed E-state index contributed by atoms with van der Waals surface area (Å²) in [6.45, 7) is 0. The molecule has 0 atom stereocenters. The van der Waals surface area contributed by atoms with Crippen LogP contribution in [0.3, 0.4) is 0 Å². The topological polar surface area (TPSA) is 73.2 Å². The van der Waals surface area contributed by atoms with E-state index in [-0.39, 0.29) is 11.7 Å². The Balaban J connectivity index is 1.76. The molecule has 7 heteroatoms. The number of nitrogens with one attached hydrogen (secondary N) is 1. The summed E-state index contributed by atoms with van der Waals surface area (Å²) >= 11 is 3.36. The molecule has 0 saturated carbocycles. The minimum Gasteiger partial charge on any atom is -0.497 e. The average Bonchev–Trinajstić information content (AvgIpc) is 3.08. The van der Waals surface area contributed by atoms with E-state index in [9.17, 15) is 9.59 Å². The summed E-state index contributed by atoms with van der Waals surface area (Å²) in [5.41, 5.74) is 1.54. The monoisotopic (exact) mass is 413 g/mol. The van der Waals surface area contributed by atoms with Crippen LogP contribution in [0.2, 0.25) is 0 Å². The molecule has 0 spiro atoms. The fourth-order valence-electron chi connectivity index (χ4n) is 2.42. The number of methoxy groups -OCH3 is 1. The highest BCUT2D eigenvalue weighted by Gasteiger charge is 2.15. The molecule has 1 amide bonds. The molecule has 132 valence electrons. The third kappa shape index (κ3) is 3.67. The van der Waals surface area contributed by atoms with Gasteiger partial charge in [-0.1, -0.05) is 0 Å². The van der Waals surface area contributed by atoms with E-state index in [0.717, 1.165) is 0 Å². The maximum atomic E-state index is 12.5. The number of nitrogens with zero attached hydrogens (tertiary/aromatic N) is 2. The zero-order valence-corrected chi connectivity index (χ0v) is 15.8. The van der Waals surface area contributed by atoms with E-state index in [2.05, 4.69) is 26.2 Å². The number of aromatic nitrogens is 2. The predicted octanol–water partition coefficient (Wildman–Crippen LogP) is 3.67. The van der Waals surface area contributed by atoms with Gasteiger partial charge in [-0.25, -0.2) is 4.98 Å². The molecule has 0 fully saturated rings. The largest absolute Gasteiger partial charge is 0.497 e. The highest BCUT2D eigenvalue weighted by atomic mass is 79.9. The lowest BCUT2D eigenvalue weighted by atomic mass is 10.1. The fraction of sp³-hybridized carbons (Fsp3) is 0.105. The van der Waals surface area contributed by atoms with Crippen molar-refractivity contribution in [2.75, 3.05) is 12.4 Å². The number of hydrogen-bond donors (Lipinski definition) is 1. The molecular formula is C19H16BrN3O3. The van der Waals surface area contributed by atoms with Crippen LogP contribution >= 0.6 is 15.9 Å². The minimum atomic E-state index is -0.279. The van der Waals surface area contributed by atoms with Crippen LogP contribution in [0, 0.1) is 0 Å². The third-order valence-corrected chi connectivity index (χ3v) is 4.54. The van der Waals surface area contributed by atoms with Gasteiger partial charge >= 0.3 is 0 Å². The second-order valence-corrected chi connectivity index (χ2v) is 6.42. The van der Waals surface area contributed by atoms with Crippen LogP contribution in [0.4, 0.5) is 5.69 Å². The molecule has 1 N–H and O–H groups in total. The van der Waals surface area contributed by atoms with Crippen LogP contribution in [0.25, 0.3) is 0 Å². The number of hydrogen-bond acceptors (Lipinski definition) is 4. The van der Waals surface area contributed by atoms with Crippen molar-refractivity contribution in [3.63, 3.8) is 0 Å². The van der Waals surface area contributed by atoms with Crippen LogP contribution < -0.4 is 10.1 Å². The van der Waals surface area contributed by atoms with Crippen molar-refractivity contribution in [2.24, 2.45) is 7.05 Å². The van der Waals surface area contributed by atoms with Gasteiger partial charge in [0.15, 0.2) is 5.82 Å². The molecule has 0 unspecified atom stereocenters. The van der Waals surface area contributed by atoms with E-state index in [0.29, 0.717) is 32.9 Å². The Kier molecular flexibility index (Phi) is 5.18. The number of anilines is 1. The summed E-state index contributed by atoms with van der Waals surface area (Å²) in [6.07, 6.45) is 3.29. The molecule has 2 aromatic carbocycles. The summed E-state index contributed by atoms with van der Waals surface area (Å²) in [7, 11) is 3.31. The molecule has 0 aliphatic carbocycles. The van der Waals surface area contributed by atoms with Crippen molar-refractivity contribution >= 4 is 33.3 Å². The first-order valence-corrected chi connectivity index (χ1v) is 8.56. The number of halogens is 1. The second kappa shape index (κ2) is 7.53. The number of imidazole rings is 1. The predicted molar refractivity (Wildman–Crippen MR) is 102 cm³/mol. The summed E-state index contributed by atoms with van der Waals surface area (Å²) in [6, 6.07) is 11.9. The van der Waals surface area contributed by atoms with Gasteiger partial charge in [0, 0.05) is 35.2 Å². The summed E-state index contributed by atoms with van der Waals surface area (Å²) in [5.74, 6) is 0.501. The molecule has 0 aliphatic rings. The molecule has 3 rings (SSSR count). The Hall–Kier alpha value is -2.93. The van der Waals surface area contributed by atoms with E-state index in [1.165, 1.54) is 0 Å². The highest BCUT2D eigenvalue weighted by Crippen LogP contribution is 2.23. The van der Waals surface area contributed by atoms with Gasteiger partial charge < -0.3 is 14.6 Å². The number of amides is 1. The lowest BCUT2D eigenvalue weighted by molar-refractivity contribution is 0.101. The van der Waals surface area contributed by atoms with Gasteiger partial charge in [-0.3, -0.25) is 9.59 Å². The highest BCUT2D eigenvalue weighted by molar-refractivity contribution is 9.10. The number of aryl methyl sites for hydroxylation is 1. The molecule has 0 bridgehead atoms. The Morgan fingerprint density at radius 1 is 1.15 bits per heavy atom. The van der Waals surface area contributed by atoms with E-state index in [1.807, 2.05) is 0 Å². The molecule has 0 saturated heterocycles. The van der Waals surface area contributed by atoms with Gasteiger partial charge in [0.2, 0.25) is 5.78 Å². The Morgan fingerprint density at radius 2 is 1.88 bits per heavy atom. The fourth-order valence-corrected chi connectivity index (χ4v) is 2.85. The maximum Gasteiger partial charge on any atom is 0.256 e. The maximum absolute atomic E-state index is 12.5. The molecule has 0 radical (unpaired) electrons. The van der Waals surface area contributed by atoms with Gasteiger partial charge in [-0.15, -0.1) is 0 Å². The number of carbonyl (C=O) groups is 2. The number of rotatable bonds is 5. The minimum absolute atomic E-state index is 0.175. The van der Waals surface area contributed by atoms with Gasteiger partial charge in [-0.05, 0) is 58.4 Å². The van der Waals surface area contributed by atoms with Gasteiger partial charge in [0.25, 0.3) is 5.91 Å². The van der Waals surface area contributed by atoms with Crippen LogP contribution in [-0.2, 0) is 7.05 Å². The Morgan fingerprint density at radius 3 is 2.50 bits per heavy atom. The Bertz CT molecular complexity index is 964. The van der Waals surface area contributed by atoms with Crippen molar-refractivity contribution in [1.82, 2.24) is 9.55 Å². The van der Waals surface area contributed by atoms with Crippen LogP contribution in [-0.4, -0.2) is 28.4 Å². The lowest BCUT2D eigenvalue weighted by Crippen LogP contribution is -2.13. The molecule has 0 aliphatic heterocycles. The van der Waals surface area contributed by atoms with Gasteiger partial charge in [-0.2, -0.15) is 0 Å². The summed E-state index contributed by atoms with van der Waals surface area (Å²) in [4.78, 5) is 28.9. The first kappa shape index (κ1) is 17.9. The van der Waals surface area contributed by atoms with Crippen LogP contribution in [0.5, 0.6) is 5.75 Å². The molecule has 6 nitrogen and oxygen atoms in total. The van der Waals surface area contributed by atoms with E-state index < -0.39 is 0 Å². The van der Waals surface area contributed by atoms with Crippen molar-refractivity contribution in [3.8, 4) is 5.75 Å². The second-order valence-electron chi connectivity index (χ2n) is 5.57. The number of ketones is 1. The quantitative estimate of drug-likeness (QED) is 0.647. The summed E-state index contributed by atoms with van der Waals surface area (Å²) in [5, 5.41) is 2.81. The average molecular weight is 414 g/mol. The number of carbonyl (C=O) groups excluding carboxylic acids is 2. The number of benzene rings is 2. The van der Waals surface area contributed by atoms with E-state index in [4.69, 9.17) is 4.74 Å². The van der Waals surface area contributed by atoms with E-state index >= 15 is 0 Å². The SMILES string of the molecule is COc1ccc(Br)c(C(=O)Nc2ccc(C(=O)c3nccn3C)cc2)c1. The van der Waals surface area contributed by atoms with Crippen molar-refractivity contribution in [2.45, 2.75) is 0 Å². The van der Waals surface area contributed by atoms with Gasteiger partial charge in [0.1, 0.15) is 5.75 Å². The normalized spacial score (nSPS) is 10.4. The first-order valence-electron chi connectivity index (χ1n) is 7.76. The molecule has 3 aromatic rings. The van der Waals surface area contributed by atoms with Crippen molar-refractivity contribution in [3.05, 3.63) is 76.3 Å². The van der Waals surface area contributed by atoms with Crippen LogP contribution in [0.15, 0.2) is 59.3 Å². The number of ether oxygens (including phenoxy) is 1.